The third-order valence-electron chi connectivity index (χ3n) is 13.9. The van der Waals surface area contributed by atoms with Crippen molar-refractivity contribution in [2.24, 2.45) is 22.9 Å². The van der Waals surface area contributed by atoms with Crippen LogP contribution in [0.15, 0.2) is 96.2 Å². The second-order valence-electron chi connectivity index (χ2n) is 20.4. The molecule has 0 aromatic heterocycles. The highest BCUT2D eigenvalue weighted by molar-refractivity contribution is 6.03. The summed E-state index contributed by atoms with van der Waals surface area (Å²) in [5.74, 6) is -1.75. The summed E-state index contributed by atoms with van der Waals surface area (Å²) in [6, 6.07) is 16.8. The van der Waals surface area contributed by atoms with Crippen LogP contribution in [0.3, 0.4) is 0 Å². The maximum Gasteiger partial charge on any atom is 0.410 e. The fraction of sp³-hybridized carbons (Fsp3) is 0.579. The summed E-state index contributed by atoms with van der Waals surface area (Å²) in [5.41, 5.74) is 2.22. The number of hydrogen-bond donors (Lipinski definition) is 2. The topological polar surface area (TPSA) is 162 Å². The van der Waals surface area contributed by atoms with E-state index in [0.29, 0.717) is 47.8 Å². The van der Waals surface area contributed by atoms with Crippen molar-refractivity contribution < 1.29 is 48.1 Å². The second kappa shape index (κ2) is 26.9. The van der Waals surface area contributed by atoms with E-state index in [2.05, 4.69) is 19.6 Å². The summed E-state index contributed by atoms with van der Waals surface area (Å²) in [6.07, 6.45) is 19.1. The molecule has 1 heterocycles. The zero-order valence-corrected chi connectivity index (χ0v) is 42.5. The summed E-state index contributed by atoms with van der Waals surface area (Å²) >= 11 is 0. The van der Waals surface area contributed by atoms with Gasteiger partial charge < -0.3 is 34.0 Å². The number of carbonyl (C=O) groups excluding carboxylic acids is 1. The van der Waals surface area contributed by atoms with Crippen LogP contribution in [0, 0.1) is 33.7 Å². The third-order valence-corrected chi connectivity index (χ3v) is 13.9. The number of oxime groups is 1. The zero-order valence-electron chi connectivity index (χ0n) is 42.5. The number of rotatable bonds is 29. The minimum absolute atomic E-state index is 0.0152. The van der Waals surface area contributed by atoms with Gasteiger partial charge in [-0.25, -0.2) is 9.18 Å². The zero-order chi connectivity index (χ0) is 50.8. The van der Waals surface area contributed by atoms with Crippen molar-refractivity contribution in [3.8, 4) is 17.2 Å². The number of unbranched alkanes of at least 4 members (excludes halogenated alkanes) is 11. The molecule has 3 aromatic rings. The summed E-state index contributed by atoms with van der Waals surface area (Å²) < 4.78 is 41.6. The number of aliphatic hydroxyl groups is 2. The molecule has 6 rings (SSSR count). The highest BCUT2D eigenvalue weighted by atomic mass is 19.1. The van der Waals surface area contributed by atoms with Crippen LogP contribution in [0.2, 0.25) is 0 Å². The summed E-state index contributed by atoms with van der Waals surface area (Å²) in [5, 5.41) is 36.7. The average molecular weight is 984 g/mol. The molecule has 3 aromatic carbocycles. The monoisotopic (exact) mass is 984 g/mol. The largest absolute Gasteiger partial charge is 0.459 e. The van der Waals surface area contributed by atoms with Crippen LogP contribution >= 0.6 is 0 Å². The number of non-ortho nitro benzene ring substituents is 1. The molecule has 0 radical (unpaired) electrons. The molecule has 1 amide bonds. The highest BCUT2D eigenvalue weighted by Gasteiger charge is 2.66. The fourth-order valence-corrected chi connectivity index (χ4v) is 10.6. The molecule has 71 heavy (non-hydrogen) atoms. The van der Waals surface area contributed by atoms with Crippen molar-refractivity contribution in [1.82, 2.24) is 4.90 Å². The molecule has 1 aliphatic heterocycles. The van der Waals surface area contributed by atoms with E-state index in [1.807, 2.05) is 32.9 Å². The summed E-state index contributed by atoms with van der Waals surface area (Å²) in [6.45, 7) is 12.5. The van der Waals surface area contributed by atoms with Crippen molar-refractivity contribution in [3.05, 3.63) is 118 Å². The molecule has 388 valence electrons. The van der Waals surface area contributed by atoms with Crippen LogP contribution in [-0.4, -0.2) is 75.7 Å². The predicted octanol–water partition coefficient (Wildman–Crippen LogP) is 13.5. The molecule has 1 fully saturated rings. The van der Waals surface area contributed by atoms with Gasteiger partial charge in [0.2, 0.25) is 5.79 Å². The van der Waals surface area contributed by atoms with Crippen molar-refractivity contribution in [3.63, 3.8) is 0 Å². The molecule has 2 N–H and O–H groups in total. The Hall–Kier alpha value is -5.31. The quantitative estimate of drug-likeness (QED) is 0.0296. The molecule has 1 saturated carbocycles. The first-order chi connectivity index (χ1) is 34.3. The van der Waals surface area contributed by atoms with Crippen molar-refractivity contribution in [2.45, 2.75) is 167 Å². The van der Waals surface area contributed by atoms with E-state index in [1.54, 1.807) is 41.3 Å². The van der Waals surface area contributed by atoms with Gasteiger partial charge in [0.15, 0.2) is 0 Å². The van der Waals surface area contributed by atoms with Gasteiger partial charge in [0, 0.05) is 43.7 Å². The summed E-state index contributed by atoms with van der Waals surface area (Å²) in [7, 11) is 0. The van der Waals surface area contributed by atoms with Crippen molar-refractivity contribution in [1.29, 1.82) is 0 Å². The van der Waals surface area contributed by atoms with Crippen LogP contribution < -0.4 is 9.47 Å². The minimum atomic E-state index is -1.57. The van der Waals surface area contributed by atoms with Gasteiger partial charge in [0.25, 0.3) is 5.69 Å². The first-order valence-corrected chi connectivity index (χ1v) is 26.2. The maximum atomic E-state index is 15.0. The van der Waals surface area contributed by atoms with Gasteiger partial charge in [-0.1, -0.05) is 113 Å². The van der Waals surface area contributed by atoms with Crippen LogP contribution in [0.5, 0.6) is 17.2 Å². The smallest absolute Gasteiger partial charge is 0.410 e. The van der Waals surface area contributed by atoms with Gasteiger partial charge >= 0.3 is 6.09 Å². The third kappa shape index (κ3) is 14.9. The number of nitrogens with zero attached hydrogens (tertiary/aromatic N) is 3. The Balaban J connectivity index is 1.49. The van der Waals surface area contributed by atoms with Gasteiger partial charge in [0.05, 0.1) is 35.8 Å². The SMILES string of the molecule is C=CCOC12Oc3ccc(Oc4cccc([N+](=O)[O-])c4)cc3C3C(CCCCO)C(CCCCO)C=C(C(=NOC(C)(C)C)CC1N(Cc1ccc(F)cc1)C(=O)OCCCCCCCCCCCC)C32. The number of hydrogen-bond acceptors (Lipinski definition) is 11. The Morgan fingerprint density at radius 1 is 0.915 bits per heavy atom. The number of benzene rings is 3. The predicted molar refractivity (Wildman–Crippen MR) is 274 cm³/mol. The number of ether oxygens (including phenoxy) is 4. The lowest BCUT2D eigenvalue weighted by Crippen LogP contribution is -2.70. The highest BCUT2D eigenvalue weighted by Crippen LogP contribution is 2.62. The Labute approximate surface area is 420 Å². The van der Waals surface area contributed by atoms with Crippen LogP contribution in [0.1, 0.15) is 154 Å². The van der Waals surface area contributed by atoms with Gasteiger partial charge in [-0.3, -0.25) is 15.0 Å². The molecule has 0 spiro atoms. The van der Waals surface area contributed by atoms with E-state index < -0.39 is 40.2 Å². The Bertz CT molecular complexity index is 2240. The van der Waals surface area contributed by atoms with Crippen molar-refractivity contribution >= 4 is 17.5 Å². The number of halogens is 1. The Morgan fingerprint density at radius 2 is 1.59 bits per heavy atom. The number of amides is 1. The Morgan fingerprint density at radius 3 is 2.25 bits per heavy atom. The number of aliphatic hydroxyl groups excluding tert-OH is 2. The number of nitro benzene ring substituents is 1. The molecule has 3 aliphatic rings. The molecular formula is C57H78FN3O10. The average Bonchev–Trinajstić information content (AvgIpc) is 3.35. The van der Waals surface area contributed by atoms with E-state index in [4.69, 9.17) is 28.9 Å². The molecule has 14 heteroatoms. The molecule has 6 atom stereocenters. The lowest BCUT2D eigenvalue weighted by Gasteiger charge is -2.60. The molecule has 0 saturated heterocycles. The first kappa shape index (κ1) is 55.0. The van der Waals surface area contributed by atoms with Gasteiger partial charge in [-0.15, -0.1) is 6.58 Å². The van der Waals surface area contributed by atoms with Crippen LogP contribution in [0.4, 0.5) is 14.9 Å². The molecule has 0 bridgehead atoms. The minimum Gasteiger partial charge on any atom is -0.459 e. The van der Waals surface area contributed by atoms with E-state index in [9.17, 15) is 24.7 Å². The standard InChI is InChI=1S/C57H78FN3O10/c1-6-8-9-10-11-12-13-14-15-20-35-67-55(64)60(40-41-26-28-43(58)29-27-41)52-39-50(59-71-56(3,4)5)48-36-42(22-16-18-32-62)47(25-17-19-33-63)53-49-38-46(69-45-24-21-23-44(37-45)61(65)66)30-31-51(49)70-57(52,54(48)53)68-34-7-2/h7,21,23-24,26-31,36-38,42,47,52-54,62-63H,2,6,8-20,22,25,32-35,39-40H2,1,3-5H3. The molecular weight excluding hydrogens is 906 g/mol. The van der Waals surface area contributed by atoms with Crippen molar-refractivity contribution in [2.75, 3.05) is 26.4 Å². The number of fused-ring (bicyclic) bond motifs is 2. The maximum absolute atomic E-state index is 15.0. The van der Waals surface area contributed by atoms with Gasteiger partial charge in [0.1, 0.15) is 34.7 Å². The lowest BCUT2D eigenvalue weighted by molar-refractivity contribution is -0.384. The first-order valence-electron chi connectivity index (χ1n) is 26.2. The van der Waals surface area contributed by atoms with Gasteiger partial charge in [-0.05, 0) is 112 Å². The Kier molecular flexibility index (Phi) is 20.9. The molecule has 2 aliphatic carbocycles. The van der Waals surface area contributed by atoms with Gasteiger partial charge in [-0.2, -0.15) is 0 Å². The van der Waals surface area contributed by atoms with E-state index in [-0.39, 0.29) is 62.8 Å². The fourth-order valence-electron chi connectivity index (χ4n) is 10.6. The number of carbonyl (C=O) groups is 1. The van der Waals surface area contributed by atoms with E-state index >= 15 is 4.79 Å². The number of nitro groups is 1. The van der Waals surface area contributed by atoms with E-state index in [0.717, 1.165) is 56.1 Å². The van der Waals surface area contributed by atoms with E-state index in [1.165, 1.54) is 62.8 Å². The number of allylic oxidation sites excluding steroid dienone is 1. The second-order valence-corrected chi connectivity index (χ2v) is 20.4. The summed E-state index contributed by atoms with van der Waals surface area (Å²) in [4.78, 5) is 34.2. The molecule has 13 nitrogen and oxygen atoms in total. The van der Waals surface area contributed by atoms with Crippen LogP contribution in [0.25, 0.3) is 0 Å². The van der Waals surface area contributed by atoms with Crippen LogP contribution in [-0.2, 0) is 20.9 Å². The lowest BCUT2D eigenvalue weighted by atomic mass is 9.55. The normalized spacial score (nSPS) is 21.9. The molecule has 6 unspecified atom stereocenters.